The van der Waals surface area contributed by atoms with Gasteiger partial charge in [-0.3, -0.25) is 9.59 Å². The van der Waals surface area contributed by atoms with Crippen LogP contribution in [0.2, 0.25) is 0 Å². The van der Waals surface area contributed by atoms with Gasteiger partial charge in [0.05, 0.1) is 12.7 Å². The summed E-state index contributed by atoms with van der Waals surface area (Å²) in [5, 5.41) is 2.80. The fraction of sp³-hybridized carbons (Fsp3) is 0.471. The van der Waals surface area contributed by atoms with E-state index in [0.717, 1.165) is 0 Å². The maximum Gasteiger partial charge on any atom is 0.337 e. The monoisotopic (exact) mass is 320 g/mol. The van der Waals surface area contributed by atoms with Gasteiger partial charge in [-0.25, -0.2) is 4.79 Å². The zero-order chi connectivity index (χ0) is 17.4. The van der Waals surface area contributed by atoms with Gasteiger partial charge in [-0.15, -0.1) is 0 Å². The van der Waals surface area contributed by atoms with E-state index >= 15 is 0 Å². The highest BCUT2D eigenvalue weighted by molar-refractivity contribution is 5.93. The summed E-state index contributed by atoms with van der Waals surface area (Å²) >= 11 is 0. The van der Waals surface area contributed by atoms with Crippen LogP contribution in [-0.2, 0) is 14.3 Å². The van der Waals surface area contributed by atoms with Gasteiger partial charge in [-0.05, 0) is 30.2 Å². The Balaban J connectivity index is 2.66. The minimum atomic E-state index is -0.424. The smallest absolute Gasteiger partial charge is 0.337 e. The average molecular weight is 320 g/mol. The van der Waals surface area contributed by atoms with Crippen molar-refractivity contribution in [3.05, 3.63) is 29.8 Å². The molecule has 6 heteroatoms. The number of amides is 2. The number of ether oxygens (including phenoxy) is 1. The molecule has 0 aliphatic rings. The van der Waals surface area contributed by atoms with Crippen LogP contribution in [0.5, 0.6) is 0 Å². The van der Waals surface area contributed by atoms with E-state index in [1.807, 2.05) is 13.8 Å². The Morgan fingerprint density at radius 1 is 1.17 bits per heavy atom. The molecule has 1 aromatic rings. The largest absolute Gasteiger partial charge is 0.465 e. The quantitative estimate of drug-likeness (QED) is 0.780. The molecule has 23 heavy (non-hydrogen) atoms. The molecule has 0 spiro atoms. The highest BCUT2D eigenvalue weighted by Gasteiger charge is 2.13. The number of anilines is 1. The summed E-state index contributed by atoms with van der Waals surface area (Å²) in [7, 11) is 1.32. The van der Waals surface area contributed by atoms with Crippen molar-refractivity contribution < 1.29 is 19.1 Å². The third-order valence-electron chi connectivity index (χ3n) is 3.23. The fourth-order valence-corrected chi connectivity index (χ4v) is 2.11. The van der Waals surface area contributed by atoms with Crippen molar-refractivity contribution in [2.75, 3.05) is 25.1 Å². The van der Waals surface area contributed by atoms with E-state index in [2.05, 4.69) is 10.1 Å². The first-order chi connectivity index (χ1) is 10.8. The van der Waals surface area contributed by atoms with Crippen LogP contribution < -0.4 is 10.2 Å². The Morgan fingerprint density at radius 2 is 1.78 bits per heavy atom. The standard InChI is InChI=1S/C17H24N2O4/c1-12(2)11-16(21)18-9-10-19(13(3)20)15-7-5-14(6-8-15)17(22)23-4/h5-8,12H,9-11H2,1-4H3,(H,18,21). The minimum absolute atomic E-state index is 0.0236. The SMILES string of the molecule is COC(=O)c1ccc(N(CCNC(=O)CC(C)C)C(C)=O)cc1. The molecule has 1 aromatic carbocycles. The fourth-order valence-electron chi connectivity index (χ4n) is 2.11. The molecule has 0 atom stereocenters. The first-order valence-electron chi connectivity index (χ1n) is 7.58. The predicted octanol–water partition coefficient (Wildman–Crippen LogP) is 1.99. The zero-order valence-corrected chi connectivity index (χ0v) is 14.1. The van der Waals surface area contributed by atoms with Gasteiger partial charge in [0.15, 0.2) is 0 Å². The first kappa shape index (κ1) is 18.7. The molecule has 0 saturated heterocycles. The maximum atomic E-state index is 11.8. The topological polar surface area (TPSA) is 75.7 Å². The molecule has 0 fully saturated rings. The third-order valence-corrected chi connectivity index (χ3v) is 3.23. The maximum absolute atomic E-state index is 11.8. The van der Waals surface area contributed by atoms with Crippen molar-refractivity contribution in [3.8, 4) is 0 Å². The van der Waals surface area contributed by atoms with Crippen LogP contribution in [-0.4, -0.2) is 38.0 Å². The summed E-state index contributed by atoms with van der Waals surface area (Å²) in [6, 6.07) is 6.58. The third kappa shape index (κ3) is 6.10. The molecule has 0 unspecified atom stereocenters. The molecule has 126 valence electrons. The van der Waals surface area contributed by atoms with E-state index in [4.69, 9.17) is 0 Å². The lowest BCUT2D eigenvalue weighted by Gasteiger charge is -2.21. The lowest BCUT2D eigenvalue weighted by atomic mass is 10.1. The van der Waals surface area contributed by atoms with Crippen molar-refractivity contribution in [2.24, 2.45) is 5.92 Å². The van der Waals surface area contributed by atoms with Crippen LogP contribution in [0.4, 0.5) is 5.69 Å². The molecule has 0 aliphatic heterocycles. The Morgan fingerprint density at radius 3 is 2.26 bits per heavy atom. The van der Waals surface area contributed by atoms with Crippen molar-refractivity contribution in [1.29, 1.82) is 0 Å². The predicted molar refractivity (Wildman–Crippen MR) is 88.3 cm³/mol. The Hall–Kier alpha value is -2.37. The number of nitrogens with one attached hydrogen (secondary N) is 1. The number of nitrogens with zero attached hydrogens (tertiary/aromatic N) is 1. The lowest BCUT2D eigenvalue weighted by Crippen LogP contribution is -2.37. The lowest BCUT2D eigenvalue weighted by molar-refractivity contribution is -0.122. The van der Waals surface area contributed by atoms with Crippen molar-refractivity contribution in [3.63, 3.8) is 0 Å². The summed E-state index contributed by atoms with van der Waals surface area (Å²) in [6.07, 6.45) is 0.466. The van der Waals surface area contributed by atoms with E-state index in [9.17, 15) is 14.4 Å². The van der Waals surface area contributed by atoms with E-state index < -0.39 is 5.97 Å². The first-order valence-corrected chi connectivity index (χ1v) is 7.58. The number of methoxy groups -OCH3 is 1. The second-order valence-corrected chi connectivity index (χ2v) is 5.66. The summed E-state index contributed by atoms with van der Waals surface area (Å²) < 4.78 is 4.64. The van der Waals surface area contributed by atoms with Gasteiger partial charge in [0.2, 0.25) is 11.8 Å². The highest BCUT2D eigenvalue weighted by Crippen LogP contribution is 2.16. The summed E-state index contributed by atoms with van der Waals surface area (Å²) in [4.78, 5) is 36.4. The zero-order valence-electron chi connectivity index (χ0n) is 14.1. The Bertz CT molecular complexity index is 552. The molecule has 6 nitrogen and oxygen atoms in total. The minimum Gasteiger partial charge on any atom is -0.465 e. The van der Waals surface area contributed by atoms with Gasteiger partial charge in [-0.1, -0.05) is 13.8 Å². The van der Waals surface area contributed by atoms with E-state index in [1.54, 1.807) is 29.2 Å². The van der Waals surface area contributed by atoms with E-state index in [0.29, 0.717) is 36.7 Å². The van der Waals surface area contributed by atoms with Gasteiger partial charge in [0.1, 0.15) is 0 Å². The average Bonchev–Trinajstić information content (AvgIpc) is 2.50. The number of benzene rings is 1. The normalized spacial score (nSPS) is 10.3. The molecular formula is C17H24N2O4. The number of carbonyl (C=O) groups is 3. The number of rotatable bonds is 7. The molecule has 2 amide bonds. The van der Waals surface area contributed by atoms with Gasteiger partial charge in [0, 0.05) is 32.1 Å². The second-order valence-electron chi connectivity index (χ2n) is 5.66. The van der Waals surface area contributed by atoms with Crippen molar-refractivity contribution >= 4 is 23.5 Å². The number of carbonyl (C=O) groups excluding carboxylic acids is 3. The van der Waals surface area contributed by atoms with Crippen LogP contribution in [0.1, 0.15) is 37.6 Å². The van der Waals surface area contributed by atoms with Gasteiger partial charge >= 0.3 is 5.97 Å². The number of hydrogen-bond acceptors (Lipinski definition) is 4. The molecule has 0 aliphatic carbocycles. The molecule has 0 aromatic heterocycles. The second kappa shape index (κ2) is 8.92. The summed E-state index contributed by atoms with van der Waals surface area (Å²) in [5.41, 5.74) is 1.09. The Labute approximate surface area is 136 Å². The number of esters is 1. The Kier molecular flexibility index (Phi) is 7.25. The summed E-state index contributed by atoms with van der Waals surface area (Å²) in [6.45, 7) is 6.17. The number of hydrogen-bond donors (Lipinski definition) is 1. The molecule has 0 radical (unpaired) electrons. The molecule has 0 saturated carbocycles. The van der Waals surface area contributed by atoms with Crippen LogP contribution in [0.15, 0.2) is 24.3 Å². The molecule has 1 N–H and O–H groups in total. The van der Waals surface area contributed by atoms with Crippen LogP contribution in [0, 0.1) is 5.92 Å². The van der Waals surface area contributed by atoms with Gasteiger partial charge in [0.25, 0.3) is 0 Å². The van der Waals surface area contributed by atoms with Gasteiger partial charge in [-0.2, -0.15) is 0 Å². The summed E-state index contributed by atoms with van der Waals surface area (Å²) in [5.74, 6) is -0.282. The highest BCUT2D eigenvalue weighted by atomic mass is 16.5. The van der Waals surface area contributed by atoms with E-state index in [1.165, 1.54) is 14.0 Å². The van der Waals surface area contributed by atoms with Crippen molar-refractivity contribution in [2.45, 2.75) is 27.2 Å². The van der Waals surface area contributed by atoms with E-state index in [-0.39, 0.29) is 11.8 Å². The molecule has 1 rings (SSSR count). The van der Waals surface area contributed by atoms with Crippen LogP contribution in [0.25, 0.3) is 0 Å². The molecule has 0 bridgehead atoms. The molecular weight excluding hydrogens is 296 g/mol. The molecule has 0 heterocycles. The van der Waals surface area contributed by atoms with Crippen LogP contribution >= 0.6 is 0 Å². The van der Waals surface area contributed by atoms with Crippen LogP contribution in [0.3, 0.4) is 0 Å². The van der Waals surface area contributed by atoms with Gasteiger partial charge < -0.3 is 15.0 Å². The van der Waals surface area contributed by atoms with Crippen molar-refractivity contribution in [1.82, 2.24) is 5.32 Å².